The van der Waals surface area contributed by atoms with Crippen LogP contribution in [0.1, 0.15) is 37.6 Å². The lowest BCUT2D eigenvalue weighted by atomic mass is 9.88. The number of nitrogens with zero attached hydrogens (tertiary/aromatic N) is 1. The van der Waals surface area contributed by atoms with E-state index in [9.17, 15) is 19.2 Å². The number of rotatable bonds is 6. The first-order valence-electron chi connectivity index (χ1n) is 10.0. The van der Waals surface area contributed by atoms with Crippen molar-refractivity contribution in [2.24, 2.45) is 5.92 Å². The molecule has 0 aromatic heterocycles. The molecule has 1 heterocycles. The van der Waals surface area contributed by atoms with Gasteiger partial charge in [0.25, 0.3) is 0 Å². The van der Waals surface area contributed by atoms with Crippen LogP contribution in [0.25, 0.3) is 0 Å². The van der Waals surface area contributed by atoms with E-state index in [4.69, 9.17) is 4.74 Å². The summed E-state index contributed by atoms with van der Waals surface area (Å²) in [4.78, 5) is 51.6. The molecule has 0 spiro atoms. The number of ether oxygens (including phenoxy) is 1. The minimum absolute atomic E-state index is 0.0834. The lowest BCUT2D eigenvalue weighted by Crippen LogP contribution is -2.43. The molecule has 0 saturated carbocycles. The first-order valence-corrected chi connectivity index (χ1v) is 10.0. The van der Waals surface area contributed by atoms with Crippen molar-refractivity contribution in [1.29, 1.82) is 0 Å². The Kier molecular flexibility index (Phi) is 6.65. The second-order valence-electron chi connectivity index (χ2n) is 7.16. The van der Waals surface area contributed by atoms with Crippen molar-refractivity contribution in [2.45, 2.75) is 27.2 Å². The number of carbonyl (C=O) groups is 4. The van der Waals surface area contributed by atoms with Gasteiger partial charge in [-0.15, -0.1) is 0 Å². The van der Waals surface area contributed by atoms with Crippen LogP contribution in [0.2, 0.25) is 0 Å². The van der Waals surface area contributed by atoms with Gasteiger partial charge in [0, 0.05) is 29.1 Å². The largest absolute Gasteiger partial charge is 0.463 e. The van der Waals surface area contributed by atoms with Gasteiger partial charge in [-0.3, -0.25) is 19.3 Å². The molecule has 0 bridgehead atoms. The van der Waals surface area contributed by atoms with Crippen LogP contribution in [0.3, 0.4) is 0 Å². The highest BCUT2D eigenvalue weighted by molar-refractivity contribution is 6.10. The molecule has 0 saturated heterocycles. The molecule has 1 N–H and O–H groups in total. The molecule has 2 aromatic carbocycles. The van der Waals surface area contributed by atoms with E-state index in [1.165, 1.54) is 11.8 Å². The van der Waals surface area contributed by atoms with E-state index in [2.05, 4.69) is 5.32 Å². The van der Waals surface area contributed by atoms with E-state index < -0.39 is 17.8 Å². The third-order valence-corrected chi connectivity index (χ3v) is 5.09. The minimum Gasteiger partial charge on any atom is -0.463 e. The summed E-state index contributed by atoms with van der Waals surface area (Å²) in [7, 11) is 0. The fourth-order valence-corrected chi connectivity index (χ4v) is 3.58. The van der Waals surface area contributed by atoms with Crippen molar-refractivity contribution in [3.8, 4) is 0 Å². The van der Waals surface area contributed by atoms with Crippen molar-refractivity contribution in [3.05, 3.63) is 71.4 Å². The first kappa shape index (κ1) is 22.0. The van der Waals surface area contributed by atoms with E-state index in [-0.39, 0.29) is 30.3 Å². The number of ketones is 1. The maximum atomic E-state index is 13.0. The molecule has 1 aliphatic heterocycles. The smallest absolute Gasteiger partial charge is 0.336 e. The summed E-state index contributed by atoms with van der Waals surface area (Å²) in [5, 5.41) is 2.74. The number of allylic oxidation sites excluding steroid dienone is 1. The number of benzene rings is 2. The van der Waals surface area contributed by atoms with E-state index in [1.54, 1.807) is 62.4 Å². The molecular formula is C24H24N2O5. The molecule has 1 aliphatic rings. The van der Waals surface area contributed by atoms with Gasteiger partial charge in [-0.05, 0) is 57.2 Å². The van der Waals surface area contributed by atoms with E-state index in [0.717, 1.165) is 0 Å². The number of anilines is 2. The summed E-state index contributed by atoms with van der Waals surface area (Å²) in [6.45, 7) is 4.93. The van der Waals surface area contributed by atoms with Crippen molar-refractivity contribution in [1.82, 2.24) is 0 Å². The maximum absolute atomic E-state index is 13.0. The lowest BCUT2D eigenvalue weighted by molar-refractivity contribution is -0.141. The van der Waals surface area contributed by atoms with Crippen molar-refractivity contribution >= 4 is 34.9 Å². The average Bonchev–Trinajstić information content (AvgIpc) is 2.74. The molecule has 0 unspecified atom stereocenters. The number of hydrogen-bond donors (Lipinski definition) is 1. The summed E-state index contributed by atoms with van der Waals surface area (Å²) in [6, 6.07) is 15.4. The third-order valence-electron chi connectivity index (χ3n) is 5.09. The van der Waals surface area contributed by atoms with Crippen LogP contribution in [0.15, 0.2) is 65.9 Å². The molecule has 2 amide bonds. The summed E-state index contributed by atoms with van der Waals surface area (Å²) >= 11 is 0. The Hall–Kier alpha value is -3.74. The van der Waals surface area contributed by atoms with Crippen LogP contribution in [-0.4, -0.2) is 30.2 Å². The van der Waals surface area contributed by atoms with Crippen molar-refractivity contribution in [3.63, 3.8) is 0 Å². The number of Topliss-reactive ketones (excluding diaryl/α,β-unsaturated/α-hetero) is 1. The molecule has 1 atom stereocenters. The van der Waals surface area contributed by atoms with Gasteiger partial charge in [-0.25, -0.2) is 4.79 Å². The zero-order chi connectivity index (χ0) is 22.5. The predicted octanol–water partition coefficient (Wildman–Crippen LogP) is 3.72. The Labute approximate surface area is 180 Å². The Balaban J connectivity index is 1.95. The van der Waals surface area contributed by atoms with Gasteiger partial charge in [0.1, 0.15) is 0 Å². The summed E-state index contributed by atoms with van der Waals surface area (Å²) in [6.07, 6.45) is -0.169. The van der Waals surface area contributed by atoms with Gasteiger partial charge in [-0.1, -0.05) is 18.2 Å². The molecule has 7 nitrogen and oxygen atoms in total. The molecule has 160 valence electrons. The highest BCUT2D eigenvalue weighted by atomic mass is 16.5. The fourth-order valence-electron chi connectivity index (χ4n) is 3.58. The number of esters is 1. The van der Waals surface area contributed by atoms with E-state index in [0.29, 0.717) is 22.6 Å². The SMILES string of the molecule is CCOC(=O)C1=C(C)N(c2ccccc2)C(=O)C[C@H]1C(=O)Nc1ccc(C(C)=O)cc1. The van der Waals surface area contributed by atoms with Gasteiger partial charge in [0.15, 0.2) is 5.78 Å². The molecule has 0 fully saturated rings. The lowest BCUT2D eigenvalue weighted by Gasteiger charge is -2.33. The quantitative estimate of drug-likeness (QED) is 0.568. The van der Waals surface area contributed by atoms with Gasteiger partial charge < -0.3 is 10.1 Å². The van der Waals surface area contributed by atoms with Gasteiger partial charge in [-0.2, -0.15) is 0 Å². The monoisotopic (exact) mass is 420 g/mol. The third kappa shape index (κ3) is 4.71. The highest BCUT2D eigenvalue weighted by Gasteiger charge is 2.40. The van der Waals surface area contributed by atoms with Gasteiger partial charge in [0.05, 0.1) is 18.1 Å². The Morgan fingerprint density at radius 1 is 1.06 bits per heavy atom. The Morgan fingerprint density at radius 2 is 1.71 bits per heavy atom. The average molecular weight is 420 g/mol. The molecular weight excluding hydrogens is 396 g/mol. The minimum atomic E-state index is -0.987. The van der Waals surface area contributed by atoms with Gasteiger partial charge >= 0.3 is 5.97 Å². The fraction of sp³-hybridized carbons (Fsp3) is 0.250. The highest BCUT2D eigenvalue weighted by Crippen LogP contribution is 2.34. The van der Waals surface area contributed by atoms with E-state index in [1.807, 2.05) is 6.07 Å². The topological polar surface area (TPSA) is 92.8 Å². The van der Waals surface area contributed by atoms with Crippen LogP contribution in [0.5, 0.6) is 0 Å². The normalized spacial score (nSPS) is 16.2. The molecule has 0 radical (unpaired) electrons. The molecule has 2 aromatic rings. The van der Waals surface area contributed by atoms with Crippen LogP contribution < -0.4 is 10.2 Å². The number of hydrogen-bond acceptors (Lipinski definition) is 5. The number of para-hydroxylation sites is 1. The van der Waals surface area contributed by atoms with Crippen molar-refractivity contribution < 1.29 is 23.9 Å². The van der Waals surface area contributed by atoms with Crippen LogP contribution in [0.4, 0.5) is 11.4 Å². The second kappa shape index (κ2) is 9.38. The summed E-state index contributed by atoms with van der Waals surface area (Å²) in [5.41, 5.74) is 2.13. The van der Waals surface area contributed by atoms with E-state index >= 15 is 0 Å². The number of carbonyl (C=O) groups excluding carboxylic acids is 4. The predicted molar refractivity (Wildman–Crippen MR) is 116 cm³/mol. The molecule has 31 heavy (non-hydrogen) atoms. The van der Waals surface area contributed by atoms with Crippen LogP contribution >= 0.6 is 0 Å². The van der Waals surface area contributed by atoms with Gasteiger partial charge in [0.2, 0.25) is 11.8 Å². The summed E-state index contributed by atoms with van der Waals surface area (Å²) in [5.74, 6) is -2.47. The standard InChI is InChI=1S/C24H24N2O5/c1-4-31-24(30)22-15(2)26(19-8-6-5-7-9-19)21(28)14-20(22)23(29)25-18-12-10-17(11-13-18)16(3)27/h5-13,20H,4,14H2,1-3H3,(H,25,29)/t20-/m1/s1. The first-order chi connectivity index (χ1) is 14.8. The second-order valence-corrected chi connectivity index (χ2v) is 7.16. The van der Waals surface area contributed by atoms with Crippen LogP contribution in [-0.2, 0) is 19.1 Å². The number of nitrogens with one attached hydrogen (secondary N) is 1. The maximum Gasteiger partial charge on any atom is 0.336 e. The zero-order valence-corrected chi connectivity index (χ0v) is 17.7. The zero-order valence-electron chi connectivity index (χ0n) is 17.7. The molecule has 7 heteroatoms. The number of amides is 2. The van der Waals surface area contributed by atoms with Crippen LogP contribution in [0, 0.1) is 5.92 Å². The molecule has 0 aliphatic carbocycles. The Bertz CT molecular complexity index is 1040. The summed E-state index contributed by atoms with van der Waals surface area (Å²) < 4.78 is 5.19. The Morgan fingerprint density at radius 3 is 2.29 bits per heavy atom. The molecule has 3 rings (SSSR count). The van der Waals surface area contributed by atoms with Crippen molar-refractivity contribution in [2.75, 3.05) is 16.8 Å².